The molecule has 3 heteroatoms. The van der Waals surface area contributed by atoms with Gasteiger partial charge in [-0.15, -0.1) is 0 Å². The summed E-state index contributed by atoms with van der Waals surface area (Å²) in [5.41, 5.74) is 8.54. The van der Waals surface area contributed by atoms with E-state index < -0.39 is 0 Å². The van der Waals surface area contributed by atoms with E-state index in [0.717, 1.165) is 50.3 Å². The van der Waals surface area contributed by atoms with Crippen molar-refractivity contribution in [3.8, 4) is 28.4 Å². The Morgan fingerprint density at radius 2 is 1.36 bits per heavy atom. The minimum atomic E-state index is 0.690. The lowest BCUT2D eigenvalue weighted by Crippen LogP contribution is -1.96. The van der Waals surface area contributed by atoms with E-state index in [-0.39, 0.29) is 0 Å². The number of hydrogen-bond donors (Lipinski definition) is 0. The smallest absolute Gasteiger partial charge is 0.161 e. The Kier molecular flexibility index (Phi) is 7.78. The second-order valence-electron chi connectivity index (χ2n) is 7.91. The van der Waals surface area contributed by atoms with Crippen molar-refractivity contribution in [2.24, 2.45) is 0 Å². The molecule has 0 aliphatic rings. The SMILES string of the molecule is C=C(C)c1cc(OC)c(OC)cc1/C=C(\C)c1cc(-c2ccccc2)c(OC)cc1/C=C\C. The molecule has 0 amide bonds. The Morgan fingerprint density at radius 3 is 1.94 bits per heavy atom. The average molecular weight is 441 g/mol. The first-order chi connectivity index (χ1) is 15.9. The maximum absolute atomic E-state index is 5.75. The van der Waals surface area contributed by atoms with E-state index >= 15 is 0 Å². The summed E-state index contributed by atoms with van der Waals surface area (Å²) in [4.78, 5) is 0. The maximum atomic E-state index is 5.75. The van der Waals surface area contributed by atoms with Crippen LogP contribution in [0.1, 0.15) is 43.0 Å². The van der Waals surface area contributed by atoms with Crippen LogP contribution >= 0.6 is 0 Å². The van der Waals surface area contributed by atoms with Crippen LogP contribution in [0.3, 0.4) is 0 Å². The molecule has 33 heavy (non-hydrogen) atoms. The van der Waals surface area contributed by atoms with Crippen LogP contribution in [0.15, 0.2) is 67.3 Å². The molecule has 3 aromatic rings. The minimum absolute atomic E-state index is 0.690. The monoisotopic (exact) mass is 440 g/mol. The highest BCUT2D eigenvalue weighted by Gasteiger charge is 2.14. The summed E-state index contributed by atoms with van der Waals surface area (Å²) in [5, 5.41) is 0. The summed E-state index contributed by atoms with van der Waals surface area (Å²) in [5.74, 6) is 2.23. The predicted octanol–water partition coefficient (Wildman–Crippen LogP) is 8.01. The fourth-order valence-corrected chi connectivity index (χ4v) is 3.96. The van der Waals surface area contributed by atoms with Gasteiger partial charge in [0, 0.05) is 5.56 Å². The third kappa shape index (κ3) is 5.20. The highest BCUT2D eigenvalue weighted by Crippen LogP contribution is 2.38. The number of ether oxygens (including phenoxy) is 3. The second-order valence-corrected chi connectivity index (χ2v) is 7.91. The van der Waals surface area contributed by atoms with Crippen LogP contribution in [0.5, 0.6) is 17.2 Å². The highest BCUT2D eigenvalue weighted by atomic mass is 16.5. The zero-order valence-electron chi connectivity index (χ0n) is 20.4. The second kappa shape index (κ2) is 10.7. The third-order valence-corrected chi connectivity index (χ3v) is 5.62. The molecule has 3 nitrogen and oxygen atoms in total. The van der Waals surface area contributed by atoms with Crippen LogP contribution in [-0.4, -0.2) is 21.3 Å². The molecule has 0 unspecified atom stereocenters. The van der Waals surface area contributed by atoms with Gasteiger partial charge in [0.2, 0.25) is 0 Å². The first-order valence-electron chi connectivity index (χ1n) is 10.9. The molecule has 0 heterocycles. The zero-order chi connectivity index (χ0) is 24.0. The molecule has 0 bridgehead atoms. The molecule has 0 N–H and O–H groups in total. The summed E-state index contributed by atoms with van der Waals surface area (Å²) in [6.07, 6.45) is 6.33. The number of methoxy groups -OCH3 is 3. The fraction of sp³-hybridized carbons (Fsp3) is 0.200. The molecule has 0 aliphatic heterocycles. The van der Waals surface area contributed by atoms with Crippen LogP contribution in [0.2, 0.25) is 0 Å². The standard InChI is InChI=1S/C30H32O3/c1-8-12-23-16-28(31-5)27(22-13-10-9-11-14-22)18-26(23)21(4)15-24-17-29(32-6)30(33-7)19-25(24)20(2)3/h8-19H,2H2,1,3-7H3/b12-8-,21-15+. The van der Waals surface area contributed by atoms with E-state index in [1.807, 2.05) is 50.3 Å². The molecule has 0 aliphatic carbocycles. The lowest BCUT2D eigenvalue weighted by atomic mass is 9.91. The van der Waals surface area contributed by atoms with E-state index in [0.29, 0.717) is 11.5 Å². The molecule has 0 atom stereocenters. The van der Waals surface area contributed by atoms with Gasteiger partial charge in [0.25, 0.3) is 0 Å². The first kappa shape index (κ1) is 23.9. The molecule has 0 saturated carbocycles. The van der Waals surface area contributed by atoms with Crippen molar-refractivity contribution in [1.29, 1.82) is 0 Å². The van der Waals surface area contributed by atoms with Gasteiger partial charge in [-0.3, -0.25) is 0 Å². The summed E-state index contributed by atoms with van der Waals surface area (Å²) in [6, 6.07) is 18.6. The largest absolute Gasteiger partial charge is 0.496 e. The van der Waals surface area contributed by atoms with Crippen LogP contribution in [0.25, 0.3) is 34.4 Å². The highest BCUT2D eigenvalue weighted by molar-refractivity contribution is 5.90. The molecule has 0 aromatic heterocycles. The Hall–Kier alpha value is -3.72. The van der Waals surface area contributed by atoms with Crippen LogP contribution in [0, 0.1) is 0 Å². The molecule has 0 saturated heterocycles. The van der Waals surface area contributed by atoms with Crippen LogP contribution in [0.4, 0.5) is 0 Å². The van der Waals surface area contributed by atoms with Crippen LogP contribution in [-0.2, 0) is 0 Å². The average Bonchev–Trinajstić information content (AvgIpc) is 2.83. The van der Waals surface area contributed by atoms with Gasteiger partial charge >= 0.3 is 0 Å². The van der Waals surface area contributed by atoms with Crippen LogP contribution < -0.4 is 14.2 Å². The maximum Gasteiger partial charge on any atom is 0.161 e. The summed E-state index contributed by atoms with van der Waals surface area (Å²) in [6.45, 7) is 10.3. The normalized spacial score (nSPS) is 11.5. The van der Waals surface area contributed by atoms with Gasteiger partial charge in [0.15, 0.2) is 11.5 Å². The van der Waals surface area contributed by atoms with E-state index in [2.05, 4.69) is 49.9 Å². The van der Waals surface area contributed by atoms with Gasteiger partial charge < -0.3 is 14.2 Å². The van der Waals surface area contributed by atoms with Gasteiger partial charge in [-0.05, 0) is 78.4 Å². The van der Waals surface area contributed by atoms with Gasteiger partial charge in [-0.1, -0.05) is 60.7 Å². The molecular formula is C30H32O3. The number of rotatable bonds is 8. The molecule has 0 fully saturated rings. The van der Waals surface area contributed by atoms with Gasteiger partial charge in [-0.25, -0.2) is 0 Å². The third-order valence-electron chi connectivity index (χ3n) is 5.62. The van der Waals surface area contributed by atoms with Gasteiger partial charge in [-0.2, -0.15) is 0 Å². The lowest BCUT2D eigenvalue weighted by molar-refractivity contribution is 0.355. The van der Waals surface area contributed by atoms with Crippen molar-refractivity contribution >= 4 is 23.3 Å². The number of benzene rings is 3. The summed E-state index contributed by atoms with van der Waals surface area (Å²) >= 11 is 0. The molecule has 0 radical (unpaired) electrons. The Balaban J connectivity index is 2.24. The van der Waals surface area contributed by atoms with Crippen molar-refractivity contribution in [2.45, 2.75) is 20.8 Å². The van der Waals surface area contributed by atoms with E-state index in [1.165, 1.54) is 0 Å². The van der Waals surface area contributed by atoms with E-state index in [1.54, 1.807) is 21.3 Å². The Bertz CT molecular complexity index is 1200. The van der Waals surface area contributed by atoms with Crippen molar-refractivity contribution in [1.82, 2.24) is 0 Å². The molecule has 3 rings (SSSR count). The van der Waals surface area contributed by atoms with Crippen molar-refractivity contribution in [2.75, 3.05) is 21.3 Å². The number of hydrogen-bond acceptors (Lipinski definition) is 3. The van der Waals surface area contributed by atoms with E-state index in [4.69, 9.17) is 14.2 Å². The molecule has 170 valence electrons. The minimum Gasteiger partial charge on any atom is -0.496 e. The Labute approximate surface area is 197 Å². The summed E-state index contributed by atoms with van der Waals surface area (Å²) < 4.78 is 16.8. The summed E-state index contributed by atoms with van der Waals surface area (Å²) in [7, 11) is 5.01. The first-order valence-corrected chi connectivity index (χ1v) is 10.9. The predicted molar refractivity (Wildman–Crippen MR) is 141 cm³/mol. The topological polar surface area (TPSA) is 27.7 Å². The van der Waals surface area contributed by atoms with Crippen molar-refractivity contribution < 1.29 is 14.2 Å². The number of allylic oxidation sites excluding steroid dienone is 3. The van der Waals surface area contributed by atoms with Crippen molar-refractivity contribution in [3.63, 3.8) is 0 Å². The lowest BCUT2D eigenvalue weighted by Gasteiger charge is -2.17. The zero-order valence-corrected chi connectivity index (χ0v) is 20.4. The molecule has 3 aromatic carbocycles. The Morgan fingerprint density at radius 1 is 0.758 bits per heavy atom. The van der Waals surface area contributed by atoms with Gasteiger partial charge in [0.1, 0.15) is 5.75 Å². The van der Waals surface area contributed by atoms with E-state index in [9.17, 15) is 0 Å². The van der Waals surface area contributed by atoms with Gasteiger partial charge in [0.05, 0.1) is 21.3 Å². The molecule has 0 spiro atoms. The van der Waals surface area contributed by atoms with Crippen molar-refractivity contribution in [3.05, 3.63) is 89.5 Å². The fourth-order valence-electron chi connectivity index (χ4n) is 3.96. The molecular weight excluding hydrogens is 408 g/mol. The quantitative estimate of drug-likeness (QED) is 0.332.